The lowest BCUT2D eigenvalue weighted by molar-refractivity contribution is -0.127. The van der Waals surface area contributed by atoms with Crippen LogP contribution < -0.4 is 19.5 Å². The van der Waals surface area contributed by atoms with Crippen LogP contribution in [0.1, 0.15) is 29.6 Å². The summed E-state index contributed by atoms with van der Waals surface area (Å²) in [6, 6.07) is 8.93. The van der Waals surface area contributed by atoms with Crippen LogP contribution in [0.2, 0.25) is 5.02 Å². The van der Waals surface area contributed by atoms with E-state index in [1.165, 1.54) is 18.2 Å². The number of likely N-dealkylation sites (tertiary alicyclic amines) is 1. The SMILES string of the molecule is O=C(Nc1ccc2c(c1)OCCO2)c1cc(S(=O)(=O)NCCCN2CCCC2=O)ccc1Cl. The summed E-state index contributed by atoms with van der Waals surface area (Å²) in [5, 5.41) is 2.83. The lowest BCUT2D eigenvalue weighted by Gasteiger charge is -2.19. The average molecular weight is 494 g/mol. The number of nitrogens with one attached hydrogen (secondary N) is 2. The molecule has 9 nitrogen and oxygen atoms in total. The Morgan fingerprint density at radius 3 is 2.64 bits per heavy atom. The molecule has 2 N–H and O–H groups in total. The maximum absolute atomic E-state index is 12.8. The molecule has 0 atom stereocenters. The molecule has 0 saturated carbocycles. The van der Waals surface area contributed by atoms with E-state index in [4.69, 9.17) is 21.1 Å². The normalized spacial score (nSPS) is 15.5. The number of anilines is 1. The molecule has 176 valence electrons. The van der Waals surface area contributed by atoms with Gasteiger partial charge >= 0.3 is 0 Å². The number of hydrogen-bond donors (Lipinski definition) is 2. The highest BCUT2D eigenvalue weighted by molar-refractivity contribution is 7.89. The monoisotopic (exact) mass is 493 g/mol. The molecule has 11 heteroatoms. The summed E-state index contributed by atoms with van der Waals surface area (Å²) in [5.41, 5.74) is 0.486. The number of fused-ring (bicyclic) bond motifs is 1. The number of benzene rings is 2. The van der Waals surface area contributed by atoms with Gasteiger partial charge in [0.05, 0.1) is 15.5 Å². The number of carbonyl (C=O) groups is 2. The minimum absolute atomic E-state index is 0.0251. The summed E-state index contributed by atoms with van der Waals surface area (Å²) < 4.78 is 38.9. The second-order valence-electron chi connectivity index (χ2n) is 7.69. The first-order valence-corrected chi connectivity index (χ1v) is 12.5. The molecule has 2 aliphatic rings. The molecule has 2 aliphatic heterocycles. The van der Waals surface area contributed by atoms with E-state index < -0.39 is 15.9 Å². The fourth-order valence-corrected chi connectivity index (χ4v) is 4.97. The summed E-state index contributed by atoms with van der Waals surface area (Å²) >= 11 is 6.18. The first kappa shape index (κ1) is 23.3. The number of ether oxygens (including phenoxy) is 2. The van der Waals surface area contributed by atoms with E-state index in [9.17, 15) is 18.0 Å². The van der Waals surface area contributed by atoms with Gasteiger partial charge in [0.1, 0.15) is 13.2 Å². The molecule has 1 saturated heterocycles. The number of halogens is 1. The Kier molecular flexibility index (Phi) is 7.06. The molecule has 0 aliphatic carbocycles. The third kappa shape index (κ3) is 5.58. The van der Waals surface area contributed by atoms with Crippen LogP contribution in [-0.2, 0) is 14.8 Å². The van der Waals surface area contributed by atoms with Crippen molar-refractivity contribution >= 4 is 39.1 Å². The van der Waals surface area contributed by atoms with Crippen LogP contribution in [0.3, 0.4) is 0 Å². The molecule has 2 aromatic carbocycles. The van der Waals surface area contributed by atoms with Crippen molar-refractivity contribution in [1.82, 2.24) is 9.62 Å². The fraction of sp³-hybridized carbons (Fsp3) is 0.364. The van der Waals surface area contributed by atoms with Crippen LogP contribution >= 0.6 is 11.6 Å². The van der Waals surface area contributed by atoms with Crippen LogP contribution in [0, 0.1) is 0 Å². The van der Waals surface area contributed by atoms with Crippen LogP contribution in [0.25, 0.3) is 0 Å². The second-order valence-corrected chi connectivity index (χ2v) is 9.86. The number of sulfonamides is 1. The molecule has 0 radical (unpaired) electrons. The highest BCUT2D eigenvalue weighted by Crippen LogP contribution is 2.33. The largest absolute Gasteiger partial charge is 0.486 e. The summed E-state index contributed by atoms with van der Waals surface area (Å²) in [4.78, 5) is 26.1. The van der Waals surface area contributed by atoms with E-state index >= 15 is 0 Å². The summed E-state index contributed by atoms with van der Waals surface area (Å²) in [7, 11) is -3.86. The average Bonchev–Trinajstić information content (AvgIpc) is 3.21. The van der Waals surface area contributed by atoms with Gasteiger partial charge in [0.25, 0.3) is 5.91 Å². The molecule has 1 fully saturated rings. The molecule has 33 heavy (non-hydrogen) atoms. The van der Waals surface area contributed by atoms with Gasteiger partial charge < -0.3 is 19.7 Å². The lowest BCUT2D eigenvalue weighted by Crippen LogP contribution is -2.30. The number of hydrogen-bond acceptors (Lipinski definition) is 6. The smallest absolute Gasteiger partial charge is 0.257 e. The molecule has 2 heterocycles. The highest BCUT2D eigenvalue weighted by atomic mass is 35.5. The Hall–Kier alpha value is -2.82. The maximum Gasteiger partial charge on any atom is 0.257 e. The Morgan fingerprint density at radius 1 is 1.09 bits per heavy atom. The summed E-state index contributed by atoms with van der Waals surface area (Å²) in [6.07, 6.45) is 1.88. The van der Waals surface area contributed by atoms with Gasteiger partial charge in [-0.05, 0) is 43.2 Å². The van der Waals surface area contributed by atoms with Gasteiger partial charge in [-0.2, -0.15) is 0 Å². The van der Waals surface area contributed by atoms with Gasteiger partial charge in [0, 0.05) is 37.8 Å². The highest BCUT2D eigenvalue weighted by Gasteiger charge is 2.21. The van der Waals surface area contributed by atoms with E-state index in [1.54, 1.807) is 23.1 Å². The molecule has 0 aromatic heterocycles. The van der Waals surface area contributed by atoms with Gasteiger partial charge in [0.2, 0.25) is 15.9 Å². The third-order valence-electron chi connectivity index (χ3n) is 5.36. The summed E-state index contributed by atoms with van der Waals surface area (Å²) in [6.45, 7) is 2.26. The van der Waals surface area contributed by atoms with Gasteiger partial charge in [-0.15, -0.1) is 0 Å². The van der Waals surface area contributed by atoms with Crippen LogP contribution in [0.4, 0.5) is 5.69 Å². The molecule has 2 amide bonds. The molecule has 0 spiro atoms. The van der Waals surface area contributed by atoms with Gasteiger partial charge in [-0.3, -0.25) is 9.59 Å². The Balaban J connectivity index is 1.40. The minimum atomic E-state index is -3.86. The molecule has 0 unspecified atom stereocenters. The topological polar surface area (TPSA) is 114 Å². The van der Waals surface area contributed by atoms with Crippen LogP contribution in [-0.4, -0.2) is 58.0 Å². The predicted molar refractivity (Wildman–Crippen MR) is 122 cm³/mol. The quantitative estimate of drug-likeness (QED) is 0.546. The number of rotatable bonds is 8. The Morgan fingerprint density at radius 2 is 1.88 bits per heavy atom. The van der Waals surface area contributed by atoms with E-state index in [0.29, 0.717) is 56.3 Å². The van der Waals surface area contributed by atoms with Crippen LogP contribution in [0.15, 0.2) is 41.3 Å². The van der Waals surface area contributed by atoms with Crippen molar-refractivity contribution in [1.29, 1.82) is 0 Å². The first-order chi connectivity index (χ1) is 15.8. The predicted octanol–water partition coefficient (Wildman–Crippen LogP) is 2.65. The molecule has 2 aromatic rings. The van der Waals surface area contributed by atoms with Crippen molar-refractivity contribution in [3.8, 4) is 11.5 Å². The van der Waals surface area contributed by atoms with Crippen molar-refractivity contribution in [2.75, 3.05) is 38.2 Å². The molecular weight excluding hydrogens is 470 g/mol. The summed E-state index contributed by atoms with van der Waals surface area (Å²) in [5.74, 6) is 0.650. The van der Waals surface area contributed by atoms with Crippen molar-refractivity contribution in [2.45, 2.75) is 24.2 Å². The lowest BCUT2D eigenvalue weighted by atomic mass is 10.2. The Bertz CT molecular complexity index is 1170. The first-order valence-electron chi connectivity index (χ1n) is 10.6. The third-order valence-corrected chi connectivity index (χ3v) is 7.15. The van der Waals surface area contributed by atoms with Gasteiger partial charge in [0.15, 0.2) is 11.5 Å². The van der Waals surface area contributed by atoms with Gasteiger partial charge in [-0.1, -0.05) is 11.6 Å². The van der Waals surface area contributed by atoms with E-state index in [-0.39, 0.29) is 27.9 Å². The Labute approximate surface area is 197 Å². The number of carbonyl (C=O) groups excluding carboxylic acids is 2. The number of nitrogens with zero attached hydrogens (tertiary/aromatic N) is 1. The zero-order valence-electron chi connectivity index (χ0n) is 17.8. The maximum atomic E-state index is 12.8. The van der Waals surface area contributed by atoms with Crippen molar-refractivity contribution < 1.29 is 27.5 Å². The molecule has 4 rings (SSSR count). The van der Waals surface area contributed by atoms with Gasteiger partial charge in [-0.25, -0.2) is 13.1 Å². The number of amides is 2. The van der Waals surface area contributed by atoms with Crippen molar-refractivity contribution in [3.05, 3.63) is 47.0 Å². The standard InChI is InChI=1S/C22H24ClN3O6S/c23-18-6-5-16(33(29,30)24-8-2-10-26-9-1-3-21(26)27)14-17(18)22(28)25-15-4-7-19-20(13-15)32-12-11-31-19/h4-7,13-14,24H,1-3,8-12H2,(H,25,28). The zero-order chi connectivity index (χ0) is 23.4. The molecule has 0 bridgehead atoms. The minimum Gasteiger partial charge on any atom is -0.486 e. The van der Waals surface area contributed by atoms with Crippen LogP contribution in [0.5, 0.6) is 11.5 Å². The fourth-order valence-electron chi connectivity index (χ4n) is 3.67. The van der Waals surface area contributed by atoms with E-state index in [0.717, 1.165) is 6.42 Å². The molecular formula is C22H24ClN3O6S. The zero-order valence-corrected chi connectivity index (χ0v) is 19.4. The van der Waals surface area contributed by atoms with E-state index in [2.05, 4.69) is 10.0 Å². The second kappa shape index (κ2) is 9.98. The van der Waals surface area contributed by atoms with Crippen molar-refractivity contribution in [3.63, 3.8) is 0 Å². The van der Waals surface area contributed by atoms with Crippen molar-refractivity contribution in [2.24, 2.45) is 0 Å². The van der Waals surface area contributed by atoms with E-state index in [1.807, 2.05) is 0 Å².